The Labute approximate surface area is 163 Å². The summed E-state index contributed by atoms with van der Waals surface area (Å²) in [6.07, 6.45) is 4.85. The van der Waals surface area contributed by atoms with Crippen molar-refractivity contribution in [2.24, 2.45) is 5.92 Å². The summed E-state index contributed by atoms with van der Waals surface area (Å²) in [4.78, 5) is 11.6. The molecule has 1 atom stereocenters. The first-order valence-electron chi connectivity index (χ1n) is 9.65. The van der Waals surface area contributed by atoms with Crippen molar-refractivity contribution in [2.45, 2.75) is 13.3 Å². The molecule has 3 aromatic heterocycles. The first-order chi connectivity index (χ1) is 13.8. The molecule has 0 aliphatic carbocycles. The number of hydrogen-bond acceptors (Lipinski definition) is 5. The van der Waals surface area contributed by atoms with E-state index < -0.39 is 0 Å². The van der Waals surface area contributed by atoms with E-state index in [-0.39, 0.29) is 0 Å². The van der Waals surface area contributed by atoms with E-state index in [4.69, 9.17) is 4.98 Å². The first-order valence-corrected chi connectivity index (χ1v) is 9.65. The van der Waals surface area contributed by atoms with Crippen molar-refractivity contribution in [3.63, 3.8) is 0 Å². The summed E-state index contributed by atoms with van der Waals surface area (Å²) >= 11 is 0. The highest BCUT2D eigenvalue weighted by Gasteiger charge is 2.20. The number of fused-ring (bicyclic) bond motifs is 1. The molecule has 0 bridgehead atoms. The van der Waals surface area contributed by atoms with Gasteiger partial charge < -0.3 is 10.2 Å². The average molecular weight is 370 g/mol. The number of nitrogens with one attached hydrogen (secondary N) is 1. The average Bonchev–Trinajstić information content (AvgIpc) is 3.38. The topological polar surface area (TPSA) is 58.4 Å². The highest BCUT2D eigenvalue weighted by molar-refractivity contribution is 5.77. The zero-order chi connectivity index (χ0) is 18.9. The van der Waals surface area contributed by atoms with E-state index in [0.29, 0.717) is 0 Å². The molecule has 1 fully saturated rings. The molecule has 0 saturated carbocycles. The molecule has 1 aliphatic heterocycles. The van der Waals surface area contributed by atoms with E-state index in [9.17, 15) is 0 Å². The Morgan fingerprint density at radius 1 is 1.07 bits per heavy atom. The fourth-order valence-corrected chi connectivity index (χ4v) is 3.71. The van der Waals surface area contributed by atoms with Crippen molar-refractivity contribution in [1.82, 2.24) is 19.6 Å². The summed E-state index contributed by atoms with van der Waals surface area (Å²) < 4.78 is 1.80. The van der Waals surface area contributed by atoms with Gasteiger partial charge in [0.1, 0.15) is 11.6 Å². The van der Waals surface area contributed by atoms with Gasteiger partial charge >= 0.3 is 0 Å². The summed E-state index contributed by atoms with van der Waals surface area (Å²) in [6.45, 7) is 4.42. The monoisotopic (exact) mass is 370 g/mol. The minimum Gasteiger partial charge on any atom is -0.356 e. The third-order valence-corrected chi connectivity index (χ3v) is 5.17. The molecule has 1 N–H and O–H groups in total. The quantitative estimate of drug-likeness (QED) is 0.578. The number of pyridine rings is 1. The fourth-order valence-electron chi connectivity index (χ4n) is 3.71. The molecule has 1 aliphatic rings. The summed E-state index contributed by atoms with van der Waals surface area (Å²) in [7, 11) is 0. The van der Waals surface area contributed by atoms with Crippen molar-refractivity contribution in [1.29, 1.82) is 0 Å². The molecule has 0 spiro atoms. The smallest absolute Gasteiger partial charge is 0.177 e. The van der Waals surface area contributed by atoms with Crippen molar-refractivity contribution in [2.75, 3.05) is 23.3 Å². The molecular weight excluding hydrogens is 348 g/mol. The highest BCUT2D eigenvalue weighted by atomic mass is 15.3. The van der Waals surface area contributed by atoms with Crippen molar-refractivity contribution in [3.8, 4) is 11.3 Å². The van der Waals surface area contributed by atoms with Gasteiger partial charge in [-0.15, -0.1) is 0 Å². The Bertz CT molecular complexity index is 1100. The van der Waals surface area contributed by atoms with Crippen molar-refractivity contribution >= 4 is 23.0 Å². The van der Waals surface area contributed by atoms with Crippen LogP contribution in [0.1, 0.15) is 13.3 Å². The lowest BCUT2D eigenvalue weighted by Crippen LogP contribution is -2.20. The van der Waals surface area contributed by atoms with Crippen LogP contribution in [0.2, 0.25) is 0 Å². The van der Waals surface area contributed by atoms with Crippen LogP contribution >= 0.6 is 0 Å². The van der Waals surface area contributed by atoms with Crippen LogP contribution in [0.3, 0.4) is 0 Å². The summed E-state index contributed by atoms with van der Waals surface area (Å²) in [5.41, 5.74) is 3.62. The molecule has 4 aromatic rings. The van der Waals surface area contributed by atoms with Crippen LogP contribution in [0.15, 0.2) is 67.0 Å². The second-order valence-corrected chi connectivity index (χ2v) is 7.35. The molecular formula is C22H22N6. The lowest BCUT2D eigenvalue weighted by atomic mass is 10.1. The molecule has 1 aromatic carbocycles. The van der Waals surface area contributed by atoms with Gasteiger partial charge in [-0.2, -0.15) is 5.10 Å². The van der Waals surface area contributed by atoms with Gasteiger partial charge in [0, 0.05) is 31.0 Å². The molecule has 0 radical (unpaired) electrons. The Hall–Kier alpha value is -3.41. The van der Waals surface area contributed by atoms with Crippen LogP contribution < -0.4 is 10.2 Å². The number of rotatable bonds is 4. The van der Waals surface area contributed by atoms with E-state index in [1.54, 1.807) is 10.7 Å². The molecule has 0 amide bonds. The summed E-state index contributed by atoms with van der Waals surface area (Å²) in [6, 6.07) is 18.3. The van der Waals surface area contributed by atoms with E-state index in [0.717, 1.165) is 53.2 Å². The van der Waals surface area contributed by atoms with Crippen LogP contribution in [-0.2, 0) is 0 Å². The summed E-state index contributed by atoms with van der Waals surface area (Å²) in [5, 5.41) is 8.14. The van der Waals surface area contributed by atoms with Crippen LogP contribution in [0.4, 0.5) is 17.3 Å². The van der Waals surface area contributed by atoms with Crippen LogP contribution in [0.25, 0.3) is 16.9 Å². The van der Waals surface area contributed by atoms with Gasteiger partial charge in [0.15, 0.2) is 5.65 Å². The van der Waals surface area contributed by atoms with Gasteiger partial charge in [-0.1, -0.05) is 43.3 Å². The molecule has 6 nitrogen and oxygen atoms in total. The maximum atomic E-state index is 4.84. The molecule has 140 valence electrons. The molecule has 5 rings (SSSR count). The third kappa shape index (κ3) is 3.17. The SMILES string of the molecule is CC1CCN(c2cccc(Nc3cc(-c4ccccc4)nn4ccnc34)n2)C1. The normalized spacial score (nSPS) is 16.6. The lowest BCUT2D eigenvalue weighted by Gasteiger charge is -2.18. The molecule has 6 heteroatoms. The van der Waals surface area contributed by atoms with E-state index >= 15 is 0 Å². The number of benzene rings is 1. The predicted octanol–water partition coefficient (Wildman–Crippen LogP) is 4.38. The van der Waals surface area contributed by atoms with Gasteiger partial charge in [0.25, 0.3) is 0 Å². The second-order valence-electron chi connectivity index (χ2n) is 7.35. The van der Waals surface area contributed by atoms with Gasteiger partial charge in [-0.05, 0) is 30.5 Å². The lowest BCUT2D eigenvalue weighted by molar-refractivity contribution is 0.659. The number of hydrogen-bond donors (Lipinski definition) is 1. The fraction of sp³-hybridized carbons (Fsp3) is 0.227. The maximum Gasteiger partial charge on any atom is 0.177 e. The number of aromatic nitrogens is 4. The minimum absolute atomic E-state index is 0.719. The minimum atomic E-state index is 0.719. The van der Waals surface area contributed by atoms with Crippen LogP contribution in [0, 0.1) is 5.92 Å². The molecule has 1 unspecified atom stereocenters. The van der Waals surface area contributed by atoms with E-state index in [2.05, 4.69) is 51.5 Å². The van der Waals surface area contributed by atoms with Crippen molar-refractivity contribution < 1.29 is 0 Å². The molecule has 1 saturated heterocycles. The largest absolute Gasteiger partial charge is 0.356 e. The van der Waals surface area contributed by atoms with Crippen LogP contribution in [0.5, 0.6) is 0 Å². The Morgan fingerprint density at radius 3 is 2.79 bits per heavy atom. The maximum absolute atomic E-state index is 4.84. The Morgan fingerprint density at radius 2 is 1.96 bits per heavy atom. The van der Waals surface area contributed by atoms with Crippen LogP contribution in [-0.4, -0.2) is 32.7 Å². The van der Waals surface area contributed by atoms with Gasteiger partial charge in [0.05, 0.1) is 11.4 Å². The number of nitrogens with zero attached hydrogens (tertiary/aromatic N) is 5. The Kier molecular flexibility index (Phi) is 4.16. The van der Waals surface area contributed by atoms with Crippen molar-refractivity contribution in [3.05, 3.63) is 67.0 Å². The zero-order valence-electron chi connectivity index (χ0n) is 15.8. The second kappa shape index (κ2) is 6.96. The zero-order valence-corrected chi connectivity index (χ0v) is 15.8. The molecule has 28 heavy (non-hydrogen) atoms. The van der Waals surface area contributed by atoms with E-state index in [1.807, 2.05) is 36.5 Å². The standard InChI is InChI=1S/C22H22N6/c1-16-10-12-27(15-16)21-9-5-8-20(25-21)24-19-14-18(17-6-3-2-4-7-17)26-28-13-11-23-22(19)28/h2-9,11,13-14,16H,10,12,15H2,1H3,(H,24,25). The van der Waals surface area contributed by atoms with E-state index in [1.165, 1.54) is 6.42 Å². The number of imidazole rings is 1. The third-order valence-electron chi connectivity index (χ3n) is 5.17. The number of anilines is 3. The first kappa shape index (κ1) is 16.7. The predicted molar refractivity (Wildman–Crippen MR) is 112 cm³/mol. The van der Waals surface area contributed by atoms with Gasteiger partial charge in [-0.3, -0.25) is 0 Å². The van der Waals surface area contributed by atoms with Gasteiger partial charge in [-0.25, -0.2) is 14.5 Å². The summed E-state index contributed by atoms with van der Waals surface area (Å²) in [5.74, 6) is 2.55. The Balaban J connectivity index is 1.51. The van der Waals surface area contributed by atoms with Gasteiger partial charge in [0.2, 0.25) is 0 Å². The molecule has 4 heterocycles. The highest BCUT2D eigenvalue weighted by Crippen LogP contribution is 2.27.